The van der Waals surface area contributed by atoms with Crippen molar-refractivity contribution in [2.75, 3.05) is 6.54 Å². The summed E-state index contributed by atoms with van der Waals surface area (Å²) in [4.78, 5) is 32.0. The number of pyridine rings is 1. The topological polar surface area (TPSA) is 74.8 Å². The van der Waals surface area contributed by atoms with Gasteiger partial charge in [0.05, 0.1) is 22.7 Å². The highest BCUT2D eigenvalue weighted by Gasteiger charge is 2.35. The lowest BCUT2D eigenvalue weighted by Gasteiger charge is -2.35. The van der Waals surface area contributed by atoms with E-state index in [1.165, 1.54) is 11.3 Å². The van der Waals surface area contributed by atoms with E-state index in [0.29, 0.717) is 11.4 Å². The molecule has 4 rings (SSSR count). The number of H-pyrrole nitrogens is 1. The Morgan fingerprint density at radius 3 is 2.83 bits per heavy atom. The van der Waals surface area contributed by atoms with Crippen molar-refractivity contribution in [1.82, 2.24) is 24.8 Å². The molecule has 1 amide bonds. The molecule has 0 radical (unpaired) electrons. The standard InChI is InChI=1S/C17H17N5OS/c1-10-16(24-11(2)21-10)17(23)22-8-5-13-14(20-9-19-13)15(22)12-3-6-18-7-4-12/h3-4,6-7,9,15H,5,8H2,1-2H3,(H,19,20). The van der Waals surface area contributed by atoms with Crippen LogP contribution in [0.5, 0.6) is 0 Å². The van der Waals surface area contributed by atoms with Crippen molar-refractivity contribution in [2.24, 2.45) is 0 Å². The van der Waals surface area contributed by atoms with E-state index in [1.807, 2.05) is 30.9 Å². The van der Waals surface area contributed by atoms with Crippen molar-refractivity contribution < 1.29 is 4.79 Å². The van der Waals surface area contributed by atoms with E-state index < -0.39 is 0 Å². The third kappa shape index (κ3) is 2.41. The van der Waals surface area contributed by atoms with E-state index >= 15 is 0 Å². The number of amides is 1. The van der Waals surface area contributed by atoms with Gasteiger partial charge in [0.2, 0.25) is 0 Å². The second kappa shape index (κ2) is 5.83. The second-order valence-electron chi connectivity index (χ2n) is 5.85. The molecule has 6 nitrogen and oxygen atoms in total. The number of nitrogens with one attached hydrogen (secondary N) is 1. The summed E-state index contributed by atoms with van der Waals surface area (Å²) in [7, 11) is 0. The van der Waals surface area contributed by atoms with Crippen molar-refractivity contribution in [2.45, 2.75) is 26.3 Å². The number of aryl methyl sites for hydroxylation is 2. The maximum absolute atomic E-state index is 13.2. The molecule has 7 heteroatoms. The Morgan fingerprint density at radius 2 is 2.12 bits per heavy atom. The molecule has 0 spiro atoms. The molecule has 1 aliphatic heterocycles. The van der Waals surface area contributed by atoms with Gasteiger partial charge in [-0.1, -0.05) is 0 Å². The van der Waals surface area contributed by atoms with Gasteiger partial charge in [-0.05, 0) is 31.5 Å². The summed E-state index contributed by atoms with van der Waals surface area (Å²) in [6.07, 6.45) is 5.98. The van der Waals surface area contributed by atoms with Crippen LogP contribution in [0.2, 0.25) is 0 Å². The zero-order valence-electron chi connectivity index (χ0n) is 13.5. The Bertz CT molecular complexity index is 886. The smallest absolute Gasteiger partial charge is 0.266 e. The molecule has 0 aromatic carbocycles. The molecular weight excluding hydrogens is 322 g/mol. The minimum absolute atomic E-state index is 0.0218. The van der Waals surface area contributed by atoms with Gasteiger partial charge in [-0.15, -0.1) is 11.3 Å². The Hall–Kier alpha value is -2.54. The number of fused-ring (bicyclic) bond motifs is 1. The van der Waals surface area contributed by atoms with Crippen LogP contribution < -0.4 is 0 Å². The zero-order chi connectivity index (χ0) is 16.7. The maximum atomic E-state index is 13.2. The van der Waals surface area contributed by atoms with Crippen molar-refractivity contribution in [1.29, 1.82) is 0 Å². The van der Waals surface area contributed by atoms with E-state index in [4.69, 9.17) is 0 Å². The Balaban J connectivity index is 1.79. The zero-order valence-corrected chi connectivity index (χ0v) is 14.3. The van der Waals surface area contributed by atoms with Crippen LogP contribution in [0.3, 0.4) is 0 Å². The summed E-state index contributed by atoms with van der Waals surface area (Å²) in [6, 6.07) is 3.69. The van der Waals surface area contributed by atoms with Gasteiger partial charge in [0.1, 0.15) is 10.9 Å². The van der Waals surface area contributed by atoms with Crippen molar-refractivity contribution >= 4 is 17.2 Å². The van der Waals surface area contributed by atoms with Crippen molar-refractivity contribution in [3.05, 3.63) is 63.4 Å². The first-order valence-corrected chi connectivity index (χ1v) is 8.64. The SMILES string of the molecule is Cc1nc(C)c(C(=O)N2CCc3[nH]cnc3C2c2ccncc2)s1. The molecule has 0 saturated heterocycles. The number of nitrogens with zero attached hydrogens (tertiary/aromatic N) is 4. The van der Waals surface area contributed by atoms with E-state index in [0.717, 1.165) is 34.1 Å². The van der Waals surface area contributed by atoms with Gasteiger partial charge in [-0.3, -0.25) is 9.78 Å². The summed E-state index contributed by atoms with van der Waals surface area (Å²) >= 11 is 1.45. The summed E-state index contributed by atoms with van der Waals surface area (Å²) in [5.41, 5.74) is 3.83. The van der Waals surface area contributed by atoms with Gasteiger partial charge in [0.25, 0.3) is 5.91 Å². The molecule has 1 aliphatic rings. The van der Waals surface area contributed by atoms with Crippen LogP contribution in [0, 0.1) is 13.8 Å². The minimum Gasteiger partial charge on any atom is -0.348 e. The lowest BCUT2D eigenvalue weighted by molar-refractivity contribution is 0.0694. The number of thiazole rings is 1. The number of hydrogen-bond donors (Lipinski definition) is 1. The fourth-order valence-corrected chi connectivity index (χ4v) is 4.11. The van der Waals surface area contributed by atoms with Crippen LogP contribution in [0.25, 0.3) is 0 Å². The van der Waals surface area contributed by atoms with Gasteiger partial charge < -0.3 is 9.88 Å². The highest BCUT2D eigenvalue weighted by atomic mass is 32.1. The molecule has 3 aromatic rings. The molecule has 1 unspecified atom stereocenters. The molecule has 0 bridgehead atoms. The van der Waals surface area contributed by atoms with Crippen LogP contribution in [0.1, 0.15) is 43.4 Å². The fourth-order valence-electron chi connectivity index (χ4n) is 3.24. The summed E-state index contributed by atoms with van der Waals surface area (Å²) < 4.78 is 0. The van der Waals surface area contributed by atoms with Crippen molar-refractivity contribution in [3.63, 3.8) is 0 Å². The number of aromatic amines is 1. The quantitative estimate of drug-likeness (QED) is 0.779. The predicted molar refractivity (Wildman–Crippen MR) is 91.0 cm³/mol. The number of aromatic nitrogens is 4. The third-order valence-corrected chi connectivity index (χ3v) is 5.37. The van der Waals surface area contributed by atoms with Gasteiger partial charge in [0.15, 0.2) is 0 Å². The number of carbonyl (C=O) groups is 1. The average molecular weight is 339 g/mol. The average Bonchev–Trinajstić information content (AvgIpc) is 3.19. The number of rotatable bonds is 2. The predicted octanol–water partition coefficient (Wildman–Crippen LogP) is 2.67. The molecule has 0 fully saturated rings. The largest absolute Gasteiger partial charge is 0.348 e. The van der Waals surface area contributed by atoms with E-state index in [2.05, 4.69) is 19.9 Å². The molecule has 1 N–H and O–H groups in total. The van der Waals surface area contributed by atoms with Gasteiger partial charge in [-0.2, -0.15) is 0 Å². The number of hydrogen-bond acceptors (Lipinski definition) is 5. The molecule has 3 aromatic heterocycles. The summed E-state index contributed by atoms with van der Waals surface area (Å²) in [5, 5.41) is 0.911. The van der Waals surface area contributed by atoms with Crippen LogP contribution in [-0.2, 0) is 6.42 Å². The van der Waals surface area contributed by atoms with E-state index in [9.17, 15) is 4.79 Å². The number of imidazole rings is 1. The minimum atomic E-state index is -0.197. The third-order valence-electron chi connectivity index (χ3n) is 4.31. The van der Waals surface area contributed by atoms with Crippen molar-refractivity contribution in [3.8, 4) is 0 Å². The normalized spacial score (nSPS) is 16.9. The molecule has 24 heavy (non-hydrogen) atoms. The first-order valence-electron chi connectivity index (χ1n) is 7.82. The van der Waals surface area contributed by atoms with Gasteiger partial charge in [-0.25, -0.2) is 9.97 Å². The molecule has 0 saturated carbocycles. The first kappa shape index (κ1) is 15.0. The molecule has 0 aliphatic carbocycles. The molecule has 122 valence electrons. The second-order valence-corrected chi connectivity index (χ2v) is 7.05. The van der Waals surface area contributed by atoms with Crippen LogP contribution in [-0.4, -0.2) is 37.3 Å². The Kier molecular flexibility index (Phi) is 3.65. The van der Waals surface area contributed by atoms with Crippen LogP contribution in [0.15, 0.2) is 30.9 Å². The number of carbonyl (C=O) groups excluding carboxylic acids is 1. The lowest BCUT2D eigenvalue weighted by atomic mass is 9.96. The highest BCUT2D eigenvalue weighted by molar-refractivity contribution is 7.13. The Labute approximate surface area is 143 Å². The van der Waals surface area contributed by atoms with Gasteiger partial charge in [0, 0.05) is 31.1 Å². The summed E-state index contributed by atoms with van der Waals surface area (Å²) in [5.74, 6) is 0.0218. The van der Waals surface area contributed by atoms with Crippen LogP contribution >= 0.6 is 11.3 Å². The Morgan fingerprint density at radius 1 is 1.33 bits per heavy atom. The first-order chi connectivity index (χ1) is 11.6. The molecular formula is C17H17N5OS. The fraction of sp³-hybridized carbons (Fsp3) is 0.294. The monoisotopic (exact) mass is 339 g/mol. The molecule has 4 heterocycles. The van der Waals surface area contributed by atoms with E-state index in [-0.39, 0.29) is 11.9 Å². The highest BCUT2D eigenvalue weighted by Crippen LogP contribution is 2.35. The maximum Gasteiger partial charge on any atom is 0.266 e. The molecule has 1 atom stereocenters. The van der Waals surface area contributed by atoms with Gasteiger partial charge >= 0.3 is 0 Å². The summed E-state index contributed by atoms with van der Waals surface area (Å²) in [6.45, 7) is 4.47. The van der Waals surface area contributed by atoms with Crippen LogP contribution in [0.4, 0.5) is 0 Å². The lowest BCUT2D eigenvalue weighted by Crippen LogP contribution is -2.40. The van der Waals surface area contributed by atoms with E-state index in [1.54, 1.807) is 18.7 Å².